The smallest absolute Gasteiger partial charge is 0.272 e. The Labute approximate surface area is 183 Å². The van der Waals surface area contributed by atoms with Crippen LogP contribution in [0.25, 0.3) is 0 Å². The summed E-state index contributed by atoms with van der Waals surface area (Å²) in [6.07, 6.45) is 5.22. The molecule has 0 saturated carbocycles. The normalized spacial score (nSPS) is 16.9. The molecule has 0 amide bonds. The first kappa shape index (κ1) is 21.5. The van der Waals surface area contributed by atoms with E-state index < -0.39 is 4.92 Å². The molecule has 7 nitrogen and oxygen atoms in total. The van der Waals surface area contributed by atoms with Crippen molar-refractivity contribution in [2.75, 3.05) is 20.3 Å². The Hall–Kier alpha value is -2.22. The molecule has 0 fully saturated rings. The monoisotopic (exact) mass is 456 g/mol. The first-order chi connectivity index (χ1) is 13.8. The molecular weight excluding hydrogens is 439 g/mol. The van der Waals surface area contributed by atoms with Crippen molar-refractivity contribution in [1.82, 2.24) is 10.2 Å². The topological polar surface area (TPSA) is 80.0 Å². The van der Waals surface area contributed by atoms with Crippen LogP contribution in [0.4, 0.5) is 5.69 Å². The van der Waals surface area contributed by atoms with Crippen LogP contribution in [0.3, 0.4) is 0 Å². The summed E-state index contributed by atoms with van der Waals surface area (Å²) in [5.41, 5.74) is 1.97. The van der Waals surface area contributed by atoms with Crippen LogP contribution in [-0.2, 0) is 0 Å². The van der Waals surface area contributed by atoms with Crippen LogP contribution in [0.1, 0.15) is 19.8 Å². The van der Waals surface area contributed by atoms with Crippen molar-refractivity contribution in [2.24, 2.45) is 4.99 Å². The van der Waals surface area contributed by atoms with Gasteiger partial charge >= 0.3 is 0 Å². The van der Waals surface area contributed by atoms with Gasteiger partial charge in [-0.1, -0.05) is 46.5 Å². The Morgan fingerprint density at radius 1 is 1.24 bits per heavy atom. The van der Waals surface area contributed by atoms with Crippen LogP contribution < -0.4 is 10.1 Å². The molecule has 1 N–H and O–H groups in total. The maximum absolute atomic E-state index is 10.9. The van der Waals surface area contributed by atoms with E-state index in [1.54, 1.807) is 0 Å². The van der Waals surface area contributed by atoms with E-state index >= 15 is 0 Å². The van der Waals surface area contributed by atoms with E-state index in [2.05, 4.69) is 10.3 Å². The third kappa shape index (κ3) is 5.04. The highest BCUT2D eigenvalue weighted by Crippen LogP contribution is 2.38. The standard InChI is InChI=1S/C19H19Cl3N4O3/c1-11-17(22)19(24-10-25(11)2)23-9-12-3-5-14(6-4-12)29-18-15(20)7-13(26(27)28)8-16(18)21/h3,5,7-8H,4,6,9-10H2,1-2H3,(H,23,24). The Morgan fingerprint density at radius 3 is 2.52 bits per heavy atom. The largest absolute Gasteiger partial charge is 0.459 e. The summed E-state index contributed by atoms with van der Waals surface area (Å²) in [5.74, 6) is 1.59. The number of allylic oxidation sites excluding steroid dienone is 4. The van der Waals surface area contributed by atoms with E-state index in [-0.39, 0.29) is 21.5 Å². The zero-order valence-electron chi connectivity index (χ0n) is 15.8. The van der Waals surface area contributed by atoms with Crippen LogP contribution in [0.2, 0.25) is 10.0 Å². The number of hydrogen-bond donors (Lipinski definition) is 1. The van der Waals surface area contributed by atoms with Gasteiger partial charge in [0.05, 0.1) is 15.0 Å². The SMILES string of the molecule is CC1=C(Cl)C(NCC2=CC=C(Oc3c(Cl)cc([N+](=O)[O-])cc3Cl)CC2)=NCN1C. The number of nitro benzene ring substituents is 1. The molecule has 0 unspecified atom stereocenters. The first-order valence-electron chi connectivity index (χ1n) is 8.82. The molecule has 1 heterocycles. The number of hydrogen-bond acceptors (Lipinski definition) is 6. The molecule has 0 spiro atoms. The highest BCUT2D eigenvalue weighted by atomic mass is 35.5. The maximum atomic E-state index is 10.9. The minimum absolute atomic E-state index is 0.0959. The lowest BCUT2D eigenvalue weighted by Crippen LogP contribution is -2.33. The third-order valence-electron chi connectivity index (χ3n) is 4.65. The van der Waals surface area contributed by atoms with Gasteiger partial charge in [-0.3, -0.25) is 10.1 Å². The van der Waals surface area contributed by atoms with Crippen molar-refractivity contribution in [1.29, 1.82) is 0 Å². The fourth-order valence-corrected chi connectivity index (χ4v) is 3.62. The van der Waals surface area contributed by atoms with Gasteiger partial charge in [-0.15, -0.1) is 0 Å². The number of nitro groups is 1. The van der Waals surface area contributed by atoms with Crippen molar-refractivity contribution < 1.29 is 9.66 Å². The predicted octanol–water partition coefficient (Wildman–Crippen LogP) is 5.25. The molecule has 0 bridgehead atoms. The van der Waals surface area contributed by atoms with Crippen LogP contribution in [0.5, 0.6) is 5.75 Å². The van der Waals surface area contributed by atoms with Gasteiger partial charge in [-0.2, -0.15) is 0 Å². The summed E-state index contributed by atoms with van der Waals surface area (Å²) < 4.78 is 5.79. The molecule has 3 rings (SSSR count). The lowest BCUT2D eigenvalue weighted by Gasteiger charge is -2.25. The summed E-state index contributed by atoms with van der Waals surface area (Å²) in [4.78, 5) is 16.7. The summed E-state index contributed by atoms with van der Waals surface area (Å²) in [7, 11) is 1.94. The van der Waals surface area contributed by atoms with E-state index in [9.17, 15) is 10.1 Å². The fraction of sp³-hybridized carbons (Fsp3) is 0.316. The molecule has 10 heteroatoms. The number of halogens is 3. The minimum atomic E-state index is -0.555. The number of nitrogens with one attached hydrogen (secondary N) is 1. The average molecular weight is 458 g/mol. The predicted molar refractivity (Wildman–Crippen MR) is 116 cm³/mol. The Balaban J connectivity index is 1.64. The molecule has 0 saturated heterocycles. The van der Waals surface area contributed by atoms with E-state index in [1.807, 2.05) is 31.0 Å². The van der Waals surface area contributed by atoms with Gasteiger partial charge in [-0.25, -0.2) is 4.99 Å². The van der Waals surface area contributed by atoms with Crippen LogP contribution >= 0.6 is 34.8 Å². The molecule has 1 aliphatic carbocycles. The zero-order chi connectivity index (χ0) is 21.1. The van der Waals surface area contributed by atoms with Gasteiger partial charge in [0.25, 0.3) is 5.69 Å². The number of rotatable bonds is 5. The van der Waals surface area contributed by atoms with E-state index in [0.717, 1.165) is 12.1 Å². The molecule has 29 heavy (non-hydrogen) atoms. The lowest BCUT2D eigenvalue weighted by atomic mass is 10.0. The second kappa shape index (κ2) is 9.07. The van der Waals surface area contributed by atoms with Crippen LogP contribution in [0, 0.1) is 10.1 Å². The number of ether oxygens (including phenoxy) is 1. The van der Waals surface area contributed by atoms with Crippen molar-refractivity contribution in [3.05, 3.63) is 66.5 Å². The van der Waals surface area contributed by atoms with Gasteiger partial charge in [0, 0.05) is 37.8 Å². The van der Waals surface area contributed by atoms with Crippen molar-refractivity contribution in [3.8, 4) is 5.75 Å². The second-order valence-electron chi connectivity index (χ2n) is 6.65. The van der Waals surface area contributed by atoms with Gasteiger partial charge < -0.3 is 15.0 Å². The summed E-state index contributed by atoms with van der Waals surface area (Å²) in [6.45, 7) is 3.15. The highest BCUT2D eigenvalue weighted by molar-refractivity contribution is 6.43. The molecule has 1 aliphatic heterocycles. The maximum Gasteiger partial charge on any atom is 0.272 e. The molecule has 2 aliphatic rings. The van der Waals surface area contributed by atoms with E-state index in [1.165, 1.54) is 17.7 Å². The first-order valence-corrected chi connectivity index (χ1v) is 9.95. The fourth-order valence-electron chi connectivity index (χ4n) is 2.80. The van der Waals surface area contributed by atoms with Gasteiger partial charge in [0.2, 0.25) is 0 Å². The molecule has 1 aromatic rings. The van der Waals surface area contributed by atoms with Crippen molar-refractivity contribution in [3.63, 3.8) is 0 Å². The van der Waals surface area contributed by atoms with Gasteiger partial charge in [0.15, 0.2) is 5.75 Å². The number of non-ortho nitro benzene ring substituents is 1. The van der Waals surface area contributed by atoms with Crippen molar-refractivity contribution >= 4 is 46.3 Å². The van der Waals surface area contributed by atoms with E-state index in [4.69, 9.17) is 39.5 Å². The van der Waals surface area contributed by atoms with Crippen molar-refractivity contribution in [2.45, 2.75) is 19.8 Å². The van der Waals surface area contributed by atoms with Crippen LogP contribution in [0.15, 0.2) is 51.3 Å². The minimum Gasteiger partial charge on any atom is -0.459 e. The number of aliphatic imine (C=N–C) groups is 1. The second-order valence-corrected chi connectivity index (χ2v) is 7.85. The molecule has 0 atom stereocenters. The quantitative estimate of drug-likeness (QED) is 0.483. The summed E-state index contributed by atoms with van der Waals surface area (Å²) in [5, 5.41) is 15.0. The Bertz CT molecular complexity index is 946. The lowest BCUT2D eigenvalue weighted by molar-refractivity contribution is -0.384. The summed E-state index contributed by atoms with van der Waals surface area (Å²) >= 11 is 18.5. The third-order valence-corrected chi connectivity index (χ3v) is 5.66. The Morgan fingerprint density at radius 2 is 1.93 bits per heavy atom. The number of amidine groups is 1. The van der Waals surface area contributed by atoms with E-state index in [0.29, 0.717) is 36.3 Å². The average Bonchev–Trinajstić information content (AvgIpc) is 2.69. The molecular formula is C19H19Cl3N4O3. The number of benzene rings is 1. The molecule has 0 aromatic heterocycles. The van der Waals surface area contributed by atoms with Gasteiger partial charge in [0.1, 0.15) is 23.3 Å². The molecule has 0 radical (unpaired) electrons. The zero-order valence-corrected chi connectivity index (χ0v) is 18.1. The van der Waals surface area contributed by atoms with Crippen LogP contribution in [-0.4, -0.2) is 35.9 Å². The molecule has 154 valence electrons. The Kier molecular flexibility index (Phi) is 6.72. The summed E-state index contributed by atoms with van der Waals surface area (Å²) in [6, 6.07) is 2.44. The highest BCUT2D eigenvalue weighted by Gasteiger charge is 2.19. The number of nitrogens with zero attached hydrogens (tertiary/aromatic N) is 3. The van der Waals surface area contributed by atoms with Gasteiger partial charge in [-0.05, 0) is 19.4 Å². The molecule has 1 aromatic carbocycles.